The van der Waals surface area contributed by atoms with Crippen LogP contribution in [0, 0.1) is 15.9 Å². The Kier molecular flexibility index (Phi) is 4.92. The lowest BCUT2D eigenvalue weighted by Gasteiger charge is -2.28. The number of likely N-dealkylation sites (tertiary alicyclic amines) is 1. The highest BCUT2D eigenvalue weighted by molar-refractivity contribution is 6.06. The number of carbonyl (C=O) groups excluding carboxylic acids is 2. The lowest BCUT2D eigenvalue weighted by atomic mass is 10.1. The molecule has 0 aromatic heterocycles. The minimum Gasteiger partial charge on any atom is -0.324 e. The maximum atomic E-state index is 13.2. The third kappa shape index (κ3) is 3.69. The molecule has 2 aromatic rings. The van der Waals surface area contributed by atoms with Crippen LogP contribution in [0.15, 0.2) is 48.5 Å². The summed E-state index contributed by atoms with van der Waals surface area (Å²) in [7, 11) is 0. The van der Waals surface area contributed by atoms with Crippen LogP contribution in [0.5, 0.6) is 0 Å². The maximum absolute atomic E-state index is 13.2. The van der Waals surface area contributed by atoms with Crippen LogP contribution in [-0.4, -0.2) is 34.9 Å². The van der Waals surface area contributed by atoms with E-state index in [1.54, 1.807) is 4.90 Å². The molecule has 7 nitrogen and oxygen atoms in total. The van der Waals surface area contributed by atoms with Gasteiger partial charge in [-0.3, -0.25) is 24.6 Å². The Morgan fingerprint density at radius 3 is 2.58 bits per heavy atom. The second kappa shape index (κ2) is 7.30. The fraction of sp³-hybridized carbons (Fsp3) is 0.222. The first-order chi connectivity index (χ1) is 12.5. The zero-order valence-electron chi connectivity index (χ0n) is 13.8. The van der Waals surface area contributed by atoms with Crippen LogP contribution >= 0.6 is 0 Å². The number of nitro groups is 1. The van der Waals surface area contributed by atoms with Crippen molar-refractivity contribution in [1.82, 2.24) is 4.90 Å². The number of anilines is 1. The van der Waals surface area contributed by atoms with Crippen molar-refractivity contribution in [1.29, 1.82) is 0 Å². The van der Waals surface area contributed by atoms with Gasteiger partial charge in [0.05, 0.1) is 4.92 Å². The summed E-state index contributed by atoms with van der Waals surface area (Å²) in [6.07, 6.45) is 1.13. The van der Waals surface area contributed by atoms with E-state index in [0.29, 0.717) is 25.1 Å². The molecule has 134 valence electrons. The van der Waals surface area contributed by atoms with Crippen LogP contribution in [0.3, 0.4) is 0 Å². The van der Waals surface area contributed by atoms with E-state index >= 15 is 0 Å². The van der Waals surface area contributed by atoms with Crippen LogP contribution in [-0.2, 0) is 4.79 Å². The second-order valence-electron chi connectivity index (χ2n) is 5.92. The van der Waals surface area contributed by atoms with Gasteiger partial charge in [0, 0.05) is 36.3 Å². The van der Waals surface area contributed by atoms with E-state index in [4.69, 9.17) is 0 Å². The summed E-state index contributed by atoms with van der Waals surface area (Å²) in [5.41, 5.74) is 0.324. The number of hydrogen-bond acceptors (Lipinski definition) is 4. The monoisotopic (exact) mass is 357 g/mol. The molecule has 1 saturated heterocycles. The molecule has 1 aliphatic rings. The van der Waals surface area contributed by atoms with Gasteiger partial charge in [0.2, 0.25) is 5.91 Å². The van der Waals surface area contributed by atoms with Gasteiger partial charge in [0.1, 0.15) is 12.5 Å². The van der Waals surface area contributed by atoms with Crippen LogP contribution in [0.2, 0.25) is 0 Å². The molecule has 0 atom stereocenters. The topological polar surface area (TPSA) is 83.8 Å². The van der Waals surface area contributed by atoms with Gasteiger partial charge in [-0.1, -0.05) is 6.07 Å². The third-order valence-corrected chi connectivity index (χ3v) is 4.17. The van der Waals surface area contributed by atoms with Crippen LogP contribution < -0.4 is 4.90 Å². The Morgan fingerprint density at radius 2 is 1.96 bits per heavy atom. The normalized spacial score (nSPS) is 13.7. The molecular weight excluding hydrogens is 341 g/mol. The van der Waals surface area contributed by atoms with Gasteiger partial charge in [0.25, 0.3) is 11.6 Å². The molecular formula is C18H16FN3O4. The summed E-state index contributed by atoms with van der Waals surface area (Å²) >= 11 is 0. The van der Waals surface area contributed by atoms with Crippen molar-refractivity contribution >= 4 is 23.2 Å². The van der Waals surface area contributed by atoms with Crippen molar-refractivity contribution in [2.45, 2.75) is 12.8 Å². The van der Waals surface area contributed by atoms with Gasteiger partial charge in [-0.2, -0.15) is 0 Å². The molecule has 0 bridgehead atoms. The van der Waals surface area contributed by atoms with Crippen molar-refractivity contribution in [3.63, 3.8) is 0 Å². The summed E-state index contributed by atoms with van der Waals surface area (Å²) in [6.45, 7) is 0.532. The molecule has 0 radical (unpaired) electrons. The average molecular weight is 357 g/mol. The lowest BCUT2D eigenvalue weighted by molar-refractivity contribution is -0.384. The molecule has 2 amide bonds. The highest BCUT2D eigenvalue weighted by Crippen LogP contribution is 2.22. The molecule has 1 fully saturated rings. The number of non-ortho nitro benzene ring substituents is 1. The third-order valence-electron chi connectivity index (χ3n) is 4.17. The van der Waals surface area contributed by atoms with Crippen molar-refractivity contribution in [2.75, 3.05) is 18.1 Å². The predicted molar refractivity (Wildman–Crippen MR) is 92.1 cm³/mol. The van der Waals surface area contributed by atoms with Crippen molar-refractivity contribution in [3.8, 4) is 0 Å². The molecule has 0 N–H and O–H groups in total. The Morgan fingerprint density at radius 1 is 1.23 bits per heavy atom. The quantitative estimate of drug-likeness (QED) is 0.608. The summed E-state index contributed by atoms with van der Waals surface area (Å²) in [5.74, 6) is -1.02. The largest absolute Gasteiger partial charge is 0.324 e. The number of nitrogens with zero attached hydrogens (tertiary/aromatic N) is 3. The first kappa shape index (κ1) is 17.5. The number of rotatable bonds is 5. The zero-order valence-corrected chi connectivity index (χ0v) is 13.8. The van der Waals surface area contributed by atoms with Crippen molar-refractivity contribution < 1.29 is 18.9 Å². The SMILES string of the molecule is O=C1CCCN1CN(C(=O)c1cccc([N+](=O)[O-])c1)c1ccc(F)cc1. The van der Waals surface area contributed by atoms with Gasteiger partial charge in [-0.25, -0.2) is 4.39 Å². The first-order valence-electron chi connectivity index (χ1n) is 8.05. The molecule has 26 heavy (non-hydrogen) atoms. The van der Waals surface area contributed by atoms with Crippen molar-refractivity contribution in [3.05, 3.63) is 70.0 Å². The second-order valence-corrected chi connectivity index (χ2v) is 5.92. The summed E-state index contributed by atoms with van der Waals surface area (Å²) in [6, 6.07) is 10.7. The van der Waals surface area contributed by atoms with E-state index < -0.39 is 16.6 Å². The highest BCUT2D eigenvalue weighted by atomic mass is 19.1. The Balaban J connectivity index is 1.94. The predicted octanol–water partition coefficient (Wildman–Crippen LogP) is 2.96. The molecule has 2 aromatic carbocycles. The molecule has 8 heteroatoms. The van der Waals surface area contributed by atoms with E-state index in [9.17, 15) is 24.1 Å². The first-order valence-corrected chi connectivity index (χ1v) is 8.05. The van der Waals surface area contributed by atoms with Gasteiger partial charge in [0.15, 0.2) is 0 Å². The minimum absolute atomic E-state index is 0.00594. The molecule has 1 aliphatic heterocycles. The number of benzene rings is 2. The number of nitro benzene ring substituents is 1. The zero-order chi connectivity index (χ0) is 18.7. The van der Waals surface area contributed by atoms with E-state index in [2.05, 4.69) is 0 Å². The van der Waals surface area contributed by atoms with Gasteiger partial charge in [-0.05, 0) is 36.8 Å². The molecule has 0 unspecified atom stereocenters. The Labute approximate surface area is 148 Å². The molecule has 0 spiro atoms. The lowest BCUT2D eigenvalue weighted by Crippen LogP contribution is -2.42. The Bertz CT molecular complexity index is 854. The fourth-order valence-electron chi connectivity index (χ4n) is 2.82. The van der Waals surface area contributed by atoms with Gasteiger partial charge < -0.3 is 4.90 Å². The van der Waals surface area contributed by atoms with Crippen molar-refractivity contribution in [2.24, 2.45) is 0 Å². The highest BCUT2D eigenvalue weighted by Gasteiger charge is 2.27. The summed E-state index contributed by atoms with van der Waals surface area (Å²) in [4.78, 5) is 38.1. The minimum atomic E-state index is -0.580. The van der Waals surface area contributed by atoms with E-state index in [1.807, 2.05) is 0 Å². The van der Waals surface area contributed by atoms with Crippen LogP contribution in [0.4, 0.5) is 15.8 Å². The van der Waals surface area contributed by atoms with E-state index in [0.717, 1.165) is 0 Å². The number of amides is 2. The molecule has 1 heterocycles. The molecule has 3 rings (SSSR count). The standard InChI is InChI=1S/C18H16FN3O4/c19-14-6-8-15(9-7-14)21(12-20-10-2-5-17(20)23)18(24)13-3-1-4-16(11-13)22(25)26/h1,3-4,6-9,11H,2,5,10,12H2. The molecule has 0 saturated carbocycles. The number of halogens is 1. The summed E-state index contributed by atoms with van der Waals surface area (Å²) < 4.78 is 13.2. The van der Waals surface area contributed by atoms with E-state index in [-0.39, 0.29) is 23.8 Å². The van der Waals surface area contributed by atoms with E-state index in [1.165, 1.54) is 53.4 Å². The Hall–Kier alpha value is -3.29. The number of hydrogen-bond donors (Lipinski definition) is 0. The van der Waals surface area contributed by atoms with Crippen LogP contribution in [0.25, 0.3) is 0 Å². The number of carbonyl (C=O) groups is 2. The maximum Gasteiger partial charge on any atom is 0.270 e. The van der Waals surface area contributed by atoms with Gasteiger partial charge in [-0.15, -0.1) is 0 Å². The van der Waals surface area contributed by atoms with Crippen LogP contribution in [0.1, 0.15) is 23.2 Å². The molecule has 0 aliphatic carbocycles. The summed E-state index contributed by atoms with van der Waals surface area (Å²) in [5, 5.41) is 11.0. The smallest absolute Gasteiger partial charge is 0.270 e. The van der Waals surface area contributed by atoms with Gasteiger partial charge >= 0.3 is 0 Å². The average Bonchev–Trinajstić information content (AvgIpc) is 3.05. The fourth-order valence-corrected chi connectivity index (χ4v) is 2.82.